The molecule has 0 spiro atoms. The maximum Gasteiger partial charge on any atom is 0.270 e. The molecule has 0 aliphatic carbocycles. The molecule has 1 amide bonds. The molecule has 0 saturated carbocycles. The molecule has 0 bridgehead atoms. The average Bonchev–Trinajstić information content (AvgIpc) is 2.60. The fourth-order valence-corrected chi connectivity index (χ4v) is 3.51. The zero-order valence-corrected chi connectivity index (χ0v) is 16.7. The van der Waals surface area contributed by atoms with Crippen LogP contribution >= 0.6 is 11.6 Å². The molecule has 0 saturated heterocycles. The van der Waals surface area contributed by atoms with E-state index in [2.05, 4.69) is 42.0 Å². The van der Waals surface area contributed by atoms with E-state index in [0.29, 0.717) is 27.4 Å². The van der Waals surface area contributed by atoms with Gasteiger partial charge in [-0.25, -0.2) is 4.98 Å². The lowest BCUT2D eigenvalue weighted by Crippen LogP contribution is -2.15. The van der Waals surface area contributed by atoms with Crippen LogP contribution in [0.2, 0.25) is 5.02 Å². The zero-order valence-electron chi connectivity index (χ0n) is 15.9. The number of aromatic nitrogens is 3. The van der Waals surface area contributed by atoms with Crippen molar-refractivity contribution in [3.8, 4) is 17.0 Å². The molecule has 7 heteroatoms. The molecule has 27 heavy (non-hydrogen) atoms. The first-order valence-corrected chi connectivity index (χ1v) is 8.82. The monoisotopic (exact) mass is 384 g/mol. The average molecular weight is 385 g/mol. The molecule has 0 unspecified atom stereocenters. The highest BCUT2D eigenvalue weighted by Crippen LogP contribution is 2.37. The largest absolute Gasteiger partial charge is 0.496 e. The number of aryl methyl sites for hydroxylation is 1. The van der Waals surface area contributed by atoms with Crippen molar-refractivity contribution in [1.29, 1.82) is 0 Å². The van der Waals surface area contributed by atoms with Crippen LogP contribution in [0.3, 0.4) is 0 Å². The summed E-state index contributed by atoms with van der Waals surface area (Å²) in [6.07, 6.45) is 1.48. The summed E-state index contributed by atoms with van der Waals surface area (Å²) in [7, 11) is 1.52. The maximum atomic E-state index is 11.7. The first kappa shape index (κ1) is 19.0. The Labute approximate surface area is 162 Å². The number of fused-ring (bicyclic) bond motifs is 1. The maximum absolute atomic E-state index is 11.7. The Balaban J connectivity index is 2.28. The molecule has 2 aromatic heterocycles. The predicted molar refractivity (Wildman–Crippen MR) is 106 cm³/mol. The van der Waals surface area contributed by atoms with Gasteiger partial charge in [0.15, 0.2) is 5.69 Å². The summed E-state index contributed by atoms with van der Waals surface area (Å²) in [5.74, 6) is -0.233. The van der Waals surface area contributed by atoms with E-state index in [1.807, 2.05) is 13.0 Å². The van der Waals surface area contributed by atoms with Crippen LogP contribution in [0.4, 0.5) is 0 Å². The van der Waals surface area contributed by atoms with Gasteiger partial charge in [0.2, 0.25) is 0 Å². The summed E-state index contributed by atoms with van der Waals surface area (Å²) >= 11 is 6.55. The van der Waals surface area contributed by atoms with Gasteiger partial charge < -0.3 is 10.5 Å². The number of rotatable bonds is 3. The van der Waals surface area contributed by atoms with Crippen LogP contribution in [-0.2, 0) is 5.41 Å². The number of amides is 1. The lowest BCUT2D eigenvalue weighted by atomic mass is 9.85. The van der Waals surface area contributed by atoms with Gasteiger partial charge in [-0.1, -0.05) is 38.4 Å². The molecule has 6 nitrogen and oxygen atoms in total. The third kappa shape index (κ3) is 3.45. The molecule has 0 fully saturated rings. The van der Waals surface area contributed by atoms with E-state index in [1.54, 1.807) is 6.07 Å². The number of carbonyl (C=O) groups excluding carboxylic acids is 1. The predicted octanol–water partition coefficient (Wildman–Crippen LogP) is 4.06. The molecule has 0 radical (unpaired) electrons. The second-order valence-corrected chi connectivity index (χ2v) is 7.83. The second-order valence-electron chi connectivity index (χ2n) is 7.42. The van der Waals surface area contributed by atoms with E-state index in [-0.39, 0.29) is 11.1 Å². The van der Waals surface area contributed by atoms with Crippen LogP contribution in [-0.4, -0.2) is 28.2 Å². The summed E-state index contributed by atoms with van der Waals surface area (Å²) in [6.45, 7) is 8.37. The van der Waals surface area contributed by atoms with Gasteiger partial charge in [-0.2, -0.15) is 5.10 Å². The number of nitrogens with zero attached hydrogens (tertiary/aromatic N) is 3. The molecule has 2 N–H and O–H groups in total. The fraction of sp³-hybridized carbons (Fsp3) is 0.300. The van der Waals surface area contributed by atoms with Gasteiger partial charge in [-0.05, 0) is 29.5 Å². The van der Waals surface area contributed by atoms with Gasteiger partial charge in [0, 0.05) is 16.7 Å². The Morgan fingerprint density at radius 2 is 1.93 bits per heavy atom. The van der Waals surface area contributed by atoms with E-state index in [9.17, 15) is 4.79 Å². The lowest BCUT2D eigenvalue weighted by Gasteiger charge is -2.22. The topological polar surface area (TPSA) is 91.0 Å². The van der Waals surface area contributed by atoms with E-state index < -0.39 is 5.91 Å². The minimum Gasteiger partial charge on any atom is -0.496 e. The van der Waals surface area contributed by atoms with Crippen LogP contribution in [0.15, 0.2) is 24.4 Å². The van der Waals surface area contributed by atoms with Crippen molar-refractivity contribution in [3.63, 3.8) is 0 Å². The number of methoxy groups -OCH3 is 1. The Bertz CT molecular complexity index is 1060. The molecule has 0 aliphatic heterocycles. The summed E-state index contributed by atoms with van der Waals surface area (Å²) in [4.78, 5) is 16.3. The Kier molecular flexibility index (Phi) is 4.78. The van der Waals surface area contributed by atoms with Crippen molar-refractivity contribution in [3.05, 3.63) is 46.2 Å². The molecule has 0 atom stereocenters. The van der Waals surface area contributed by atoms with Crippen molar-refractivity contribution < 1.29 is 9.53 Å². The Morgan fingerprint density at radius 1 is 1.22 bits per heavy atom. The van der Waals surface area contributed by atoms with Gasteiger partial charge in [-0.3, -0.25) is 4.79 Å². The standard InChI is InChI=1S/C20H21ClN4O2/c1-10-6-12(20(2,3)4)13(21)7-11(10)14-8-16(27-5)17-15(24-14)9-23-25-18(17)19(22)26/h6-9H,1-5H3,(H2,22,26). The van der Waals surface area contributed by atoms with Gasteiger partial charge in [0.1, 0.15) is 5.75 Å². The number of ether oxygens (including phenoxy) is 1. The van der Waals surface area contributed by atoms with Crippen molar-refractivity contribution in [2.24, 2.45) is 5.73 Å². The summed E-state index contributed by atoms with van der Waals surface area (Å²) in [5, 5.41) is 8.78. The number of primary amides is 1. The minimum absolute atomic E-state index is 0.0289. The summed E-state index contributed by atoms with van der Waals surface area (Å²) in [5.41, 5.74) is 9.50. The quantitative estimate of drug-likeness (QED) is 0.735. The first-order valence-electron chi connectivity index (χ1n) is 8.44. The molecular weight excluding hydrogens is 364 g/mol. The van der Waals surface area contributed by atoms with Crippen molar-refractivity contribution in [2.45, 2.75) is 33.1 Å². The van der Waals surface area contributed by atoms with Crippen LogP contribution in [0.1, 0.15) is 42.4 Å². The van der Waals surface area contributed by atoms with E-state index in [4.69, 9.17) is 22.1 Å². The highest BCUT2D eigenvalue weighted by molar-refractivity contribution is 6.31. The van der Waals surface area contributed by atoms with Gasteiger partial charge >= 0.3 is 0 Å². The zero-order chi connectivity index (χ0) is 19.9. The van der Waals surface area contributed by atoms with E-state index in [0.717, 1.165) is 16.7 Å². The molecule has 1 aromatic carbocycles. The molecule has 3 rings (SSSR count). The second kappa shape index (κ2) is 6.78. The highest BCUT2D eigenvalue weighted by atomic mass is 35.5. The van der Waals surface area contributed by atoms with Crippen LogP contribution < -0.4 is 10.5 Å². The number of benzene rings is 1. The van der Waals surface area contributed by atoms with Gasteiger partial charge in [0.05, 0.1) is 29.9 Å². The minimum atomic E-state index is -0.685. The Morgan fingerprint density at radius 3 is 2.52 bits per heavy atom. The Hall–Kier alpha value is -2.73. The lowest BCUT2D eigenvalue weighted by molar-refractivity contribution is 0.0996. The van der Waals surface area contributed by atoms with Gasteiger partial charge in [-0.15, -0.1) is 5.10 Å². The van der Waals surface area contributed by atoms with E-state index >= 15 is 0 Å². The van der Waals surface area contributed by atoms with Crippen molar-refractivity contribution in [2.75, 3.05) is 7.11 Å². The van der Waals surface area contributed by atoms with Crippen molar-refractivity contribution >= 4 is 28.4 Å². The van der Waals surface area contributed by atoms with Crippen LogP contribution in [0, 0.1) is 6.92 Å². The molecular formula is C20H21ClN4O2. The van der Waals surface area contributed by atoms with Crippen LogP contribution in [0.5, 0.6) is 5.75 Å². The third-order valence-electron chi connectivity index (χ3n) is 4.44. The van der Waals surface area contributed by atoms with Gasteiger partial charge in [0.25, 0.3) is 5.91 Å². The number of nitrogens with two attached hydrogens (primary N) is 1. The summed E-state index contributed by atoms with van der Waals surface area (Å²) < 4.78 is 5.48. The number of pyridine rings is 1. The third-order valence-corrected chi connectivity index (χ3v) is 4.75. The summed E-state index contributed by atoms with van der Waals surface area (Å²) in [6, 6.07) is 5.75. The number of carbonyl (C=O) groups is 1. The fourth-order valence-electron chi connectivity index (χ4n) is 3.07. The molecule has 3 aromatic rings. The number of hydrogen-bond donors (Lipinski definition) is 1. The van der Waals surface area contributed by atoms with Crippen molar-refractivity contribution in [1.82, 2.24) is 15.2 Å². The molecule has 140 valence electrons. The first-order chi connectivity index (χ1) is 12.6. The molecule has 2 heterocycles. The smallest absolute Gasteiger partial charge is 0.270 e. The number of halogens is 1. The van der Waals surface area contributed by atoms with E-state index in [1.165, 1.54) is 13.3 Å². The molecule has 0 aliphatic rings. The highest BCUT2D eigenvalue weighted by Gasteiger charge is 2.21. The van der Waals surface area contributed by atoms with Crippen LogP contribution in [0.25, 0.3) is 22.2 Å². The normalized spacial score (nSPS) is 11.6. The SMILES string of the molecule is COc1cc(-c2cc(Cl)c(C(C)(C)C)cc2C)nc2cnnc(C(N)=O)c12. The number of hydrogen-bond acceptors (Lipinski definition) is 5.